The van der Waals surface area contributed by atoms with Crippen LogP contribution in [0.2, 0.25) is 0 Å². The van der Waals surface area contributed by atoms with E-state index in [1.807, 2.05) is 0 Å². The predicted octanol–water partition coefficient (Wildman–Crippen LogP) is 7.41. The van der Waals surface area contributed by atoms with Crippen LogP contribution in [0.15, 0.2) is 0 Å². The van der Waals surface area contributed by atoms with Gasteiger partial charge >= 0.3 is 48.3 Å². The van der Waals surface area contributed by atoms with E-state index in [2.05, 4.69) is 0 Å². The molecule has 0 unspecified atom stereocenters. The van der Waals surface area contributed by atoms with Gasteiger partial charge in [-0.25, -0.2) is 4.74 Å². The summed E-state index contributed by atoms with van der Waals surface area (Å²) in [6.45, 7) is 0. The van der Waals surface area contributed by atoms with E-state index in [1.54, 1.807) is 0 Å². The fourth-order valence-corrected chi connectivity index (χ4v) is 1.63. The van der Waals surface area contributed by atoms with Crippen molar-refractivity contribution in [1.29, 1.82) is 0 Å². The third-order valence-corrected chi connectivity index (χ3v) is 3.35. The summed E-state index contributed by atoms with van der Waals surface area (Å²) in [4.78, 5) is 0. The molecule has 0 radical (unpaired) electrons. The standard InChI is InChI=1S/C12H8F18O/c13-5(14,1-3-7(17,18)19)9(23,24)11(27,28)31-12(29,30)10(25,26)6(15,16)2-4-8(20,21)22/h1-4H2. The summed E-state index contributed by atoms with van der Waals surface area (Å²) in [5.74, 6) is -27.9. The maximum atomic E-state index is 13.2. The van der Waals surface area contributed by atoms with Crippen LogP contribution in [-0.2, 0) is 4.74 Å². The zero-order valence-corrected chi connectivity index (χ0v) is 14.0. The van der Waals surface area contributed by atoms with Gasteiger partial charge in [-0.2, -0.15) is 79.0 Å². The summed E-state index contributed by atoms with van der Waals surface area (Å²) >= 11 is 0. The molecule has 0 aromatic rings. The topological polar surface area (TPSA) is 9.23 Å². The summed E-state index contributed by atoms with van der Waals surface area (Å²) in [5, 5.41) is 0. The van der Waals surface area contributed by atoms with Gasteiger partial charge in [-0.05, 0) is 0 Å². The van der Waals surface area contributed by atoms with Crippen LogP contribution in [0.3, 0.4) is 0 Å². The Morgan fingerprint density at radius 1 is 0.355 bits per heavy atom. The third kappa shape index (κ3) is 6.84. The highest BCUT2D eigenvalue weighted by Crippen LogP contribution is 2.55. The van der Waals surface area contributed by atoms with E-state index >= 15 is 0 Å². The maximum Gasteiger partial charge on any atom is 0.430 e. The molecule has 0 saturated carbocycles. The Morgan fingerprint density at radius 3 is 0.774 bits per heavy atom. The van der Waals surface area contributed by atoms with E-state index in [4.69, 9.17) is 0 Å². The molecule has 0 saturated heterocycles. The first-order valence-electron chi connectivity index (χ1n) is 7.22. The SMILES string of the molecule is FC(F)(F)CCC(F)(F)C(F)(F)C(F)(F)OC(F)(F)C(F)(F)C(F)(F)CCC(F)(F)F. The fourth-order valence-electron chi connectivity index (χ4n) is 1.63. The summed E-state index contributed by atoms with van der Waals surface area (Å²) in [6.07, 6.45) is -38.5. The molecule has 0 spiro atoms. The smallest absolute Gasteiger partial charge is 0.245 e. The van der Waals surface area contributed by atoms with Crippen LogP contribution in [0.25, 0.3) is 0 Å². The van der Waals surface area contributed by atoms with Gasteiger partial charge in [0.25, 0.3) is 0 Å². The number of hydrogen-bond donors (Lipinski definition) is 0. The van der Waals surface area contributed by atoms with E-state index in [-0.39, 0.29) is 0 Å². The lowest BCUT2D eigenvalue weighted by molar-refractivity contribution is -0.501. The van der Waals surface area contributed by atoms with E-state index in [0.29, 0.717) is 0 Å². The fraction of sp³-hybridized carbons (Fsp3) is 1.00. The minimum Gasteiger partial charge on any atom is -0.245 e. The molecule has 19 heteroatoms. The number of halogens is 18. The molecule has 0 aliphatic carbocycles. The lowest BCUT2D eigenvalue weighted by Crippen LogP contribution is -2.63. The van der Waals surface area contributed by atoms with Crippen molar-refractivity contribution in [3.05, 3.63) is 0 Å². The summed E-state index contributed by atoms with van der Waals surface area (Å²) in [6, 6.07) is 0. The molecule has 0 aromatic heterocycles. The maximum absolute atomic E-state index is 13.2. The van der Waals surface area contributed by atoms with Crippen molar-refractivity contribution in [1.82, 2.24) is 0 Å². The van der Waals surface area contributed by atoms with Crippen LogP contribution in [-0.4, -0.2) is 48.3 Å². The molecule has 0 rings (SSSR count). The van der Waals surface area contributed by atoms with Crippen molar-refractivity contribution >= 4 is 0 Å². The molecule has 0 fully saturated rings. The van der Waals surface area contributed by atoms with Gasteiger partial charge in [0.05, 0.1) is 0 Å². The molecular weight excluding hydrogens is 502 g/mol. The molecule has 1 nitrogen and oxygen atoms in total. The second kappa shape index (κ2) is 8.24. The molecule has 188 valence electrons. The normalized spacial score (nSPS) is 16.1. The average molecular weight is 510 g/mol. The van der Waals surface area contributed by atoms with Crippen LogP contribution in [0, 0.1) is 0 Å². The Hall–Kier alpha value is -1.30. The Morgan fingerprint density at radius 2 is 0.581 bits per heavy atom. The summed E-state index contributed by atoms with van der Waals surface area (Å²) < 4.78 is 230. The van der Waals surface area contributed by atoms with Crippen molar-refractivity contribution in [2.24, 2.45) is 0 Å². The Balaban J connectivity index is 5.83. The van der Waals surface area contributed by atoms with Crippen molar-refractivity contribution in [2.75, 3.05) is 0 Å². The predicted molar refractivity (Wildman–Crippen MR) is 61.3 cm³/mol. The van der Waals surface area contributed by atoms with Crippen molar-refractivity contribution in [3.8, 4) is 0 Å². The quantitative estimate of drug-likeness (QED) is 0.278. The minimum absolute atomic E-state index is 1.50. The molecule has 0 N–H and O–H groups in total. The molecule has 0 atom stereocenters. The molecule has 0 amide bonds. The van der Waals surface area contributed by atoms with Crippen LogP contribution < -0.4 is 0 Å². The van der Waals surface area contributed by atoms with Gasteiger partial charge in [0, 0.05) is 25.7 Å². The molecule has 0 bridgehead atoms. The van der Waals surface area contributed by atoms with Crippen LogP contribution >= 0.6 is 0 Å². The first kappa shape index (κ1) is 29.7. The first-order valence-corrected chi connectivity index (χ1v) is 7.22. The van der Waals surface area contributed by atoms with Gasteiger partial charge in [0.1, 0.15) is 0 Å². The zero-order chi connectivity index (χ0) is 25.5. The van der Waals surface area contributed by atoms with Gasteiger partial charge in [-0.15, -0.1) is 0 Å². The summed E-state index contributed by atoms with van der Waals surface area (Å²) in [7, 11) is 0. The number of rotatable bonds is 10. The van der Waals surface area contributed by atoms with Gasteiger partial charge < -0.3 is 0 Å². The zero-order valence-electron chi connectivity index (χ0n) is 14.0. The van der Waals surface area contributed by atoms with Crippen molar-refractivity contribution in [3.63, 3.8) is 0 Å². The number of alkyl halides is 18. The molecule has 31 heavy (non-hydrogen) atoms. The third-order valence-electron chi connectivity index (χ3n) is 3.35. The largest absolute Gasteiger partial charge is 0.430 e. The second-order valence-electron chi connectivity index (χ2n) is 5.92. The molecule has 0 aromatic carbocycles. The van der Waals surface area contributed by atoms with Crippen molar-refractivity contribution < 1.29 is 83.8 Å². The molecular formula is C12H8F18O. The number of ether oxygens (including phenoxy) is 1. The van der Waals surface area contributed by atoms with Gasteiger partial charge in [0.2, 0.25) is 0 Å². The molecule has 0 heterocycles. The monoisotopic (exact) mass is 510 g/mol. The summed E-state index contributed by atoms with van der Waals surface area (Å²) in [5.41, 5.74) is 0. The van der Waals surface area contributed by atoms with Gasteiger partial charge in [-0.3, -0.25) is 0 Å². The Bertz CT molecular complexity index is 548. The number of hydrogen-bond acceptors (Lipinski definition) is 1. The van der Waals surface area contributed by atoms with E-state index in [1.165, 1.54) is 4.74 Å². The lowest BCUT2D eigenvalue weighted by atomic mass is 10.0. The van der Waals surface area contributed by atoms with Gasteiger partial charge in [-0.1, -0.05) is 0 Å². The van der Waals surface area contributed by atoms with E-state index < -0.39 is 73.9 Å². The van der Waals surface area contributed by atoms with E-state index in [0.717, 1.165) is 0 Å². The Kier molecular flexibility index (Phi) is 7.89. The Labute approximate surface area is 159 Å². The molecule has 0 aliphatic rings. The highest BCUT2D eigenvalue weighted by molar-refractivity contribution is 4.97. The van der Waals surface area contributed by atoms with Crippen LogP contribution in [0.5, 0.6) is 0 Å². The van der Waals surface area contributed by atoms with Crippen molar-refractivity contribution in [2.45, 2.75) is 73.9 Å². The highest BCUT2D eigenvalue weighted by atomic mass is 19.4. The van der Waals surface area contributed by atoms with Crippen LogP contribution in [0.1, 0.15) is 25.7 Å². The lowest BCUT2D eigenvalue weighted by Gasteiger charge is -2.37. The molecule has 0 aliphatic heterocycles. The second-order valence-corrected chi connectivity index (χ2v) is 5.92. The average Bonchev–Trinajstić information content (AvgIpc) is 2.48. The highest BCUT2D eigenvalue weighted by Gasteiger charge is 2.80. The minimum atomic E-state index is -7.49. The van der Waals surface area contributed by atoms with E-state index in [9.17, 15) is 79.0 Å². The van der Waals surface area contributed by atoms with Crippen LogP contribution in [0.4, 0.5) is 79.0 Å². The first-order chi connectivity index (χ1) is 13.1. The van der Waals surface area contributed by atoms with Gasteiger partial charge in [0.15, 0.2) is 0 Å².